The number of aromatic nitrogens is 2. The highest BCUT2D eigenvalue weighted by molar-refractivity contribution is 6.30. The summed E-state index contributed by atoms with van der Waals surface area (Å²) in [5.74, 6) is 1.06. The molecular weight excluding hydrogens is 282 g/mol. The van der Waals surface area contributed by atoms with Gasteiger partial charge in [0.2, 0.25) is 0 Å². The molecule has 0 saturated heterocycles. The van der Waals surface area contributed by atoms with Gasteiger partial charge in [0.25, 0.3) is 0 Å². The van der Waals surface area contributed by atoms with Crippen LogP contribution in [0.2, 0.25) is 5.15 Å². The van der Waals surface area contributed by atoms with Crippen LogP contribution in [0.3, 0.4) is 0 Å². The third kappa shape index (κ3) is 2.51. The Balaban J connectivity index is 2.06. The van der Waals surface area contributed by atoms with Gasteiger partial charge in [0.05, 0.1) is 0 Å². The molecule has 1 aliphatic heterocycles. The number of nitrogens with zero attached hydrogens (tertiary/aromatic N) is 3. The first-order valence-electron chi connectivity index (χ1n) is 7.36. The first-order valence-corrected chi connectivity index (χ1v) is 7.73. The molecule has 2 heterocycles. The number of likely N-dealkylation sites (N-methyl/N-ethyl adjacent to an activating group) is 1. The van der Waals surface area contributed by atoms with Crippen molar-refractivity contribution >= 4 is 17.3 Å². The van der Waals surface area contributed by atoms with Gasteiger partial charge >= 0.3 is 0 Å². The largest absolute Gasteiger partial charge is 0.374 e. The summed E-state index contributed by atoms with van der Waals surface area (Å²) < 4.78 is 0. The summed E-state index contributed by atoms with van der Waals surface area (Å²) in [6.07, 6.45) is 1.08. The molecular formula is C17H20ClN3. The highest BCUT2D eigenvalue weighted by Crippen LogP contribution is 2.32. The molecule has 3 rings (SSSR count). The fraction of sp³-hybridized carbons (Fsp3) is 0.412. The van der Waals surface area contributed by atoms with E-state index in [1.54, 1.807) is 0 Å². The van der Waals surface area contributed by atoms with Gasteiger partial charge in [-0.25, -0.2) is 9.97 Å². The van der Waals surface area contributed by atoms with E-state index in [0.29, 0.717) is 11.1 Å². The zero-order valence-electron chi connectivity index (χ0n) is 12.9. The van der Waals surface area contributed by atoms with Gasteiger partial charge in [-0.2, -0.15) is 0 Å². The maximum atomic E-state index is 6.36. The van der Waals surface area contributed by atoms with Crippen molar-refractivity contribution < 1.29 is 0 Å². The lowest BCUT2D eigenvalue weighted by Crippen LogP contribution is -2.12. The Bertz CT molecular complexity index is 671. The zero-order chi connectivity index (χ0) is 15.1. The molecule has 0 atom stereocenters. The first-order chi connectivity index (χ1) is 9.97. The Morgan fingerprint density at radius 2 is 2.00 bits per heavy atom. The fourth-order valence-corrected chi connectivity index (χ4v) is 3.47. The average Bonchev–Trinajstić information content (AvgIpc) is 2.78. The van der Waals surface area contributed by atoms with Crippen molar-refractivity contribution in [3.05, 3.63) is 40.2 Å². The maximum absolute atomic E-state index is 6.36. The summed E-state index contributed by atoms with van der Waals surface area (Å²) in [7, 11) is 2.13. The molecule has 1 aromatic heterocycles. The van der Waals surface area contributed by atoms with E-state index in [4.69, 9.17) is 11.6 Å². The highest BCUT2D eigenvalue weighted by atomic mass is 35.5. The Kier molecular flexibility index (Phi) is 3.62. The van der Waals surface area contributed by atoms with E-state index in [1.165, 1.54) is 11.3 Å². The predicted octanol–water partition coefficient (Wildman–Crippen LogP) is 4.22. The summed E-state index contributed by atoms with van der Waals surface area (Å²) in [5.41, 5.74) is 5.73. The normalized spacial score (nSPS) is 13.9. The molecule has 0 bridgehead atoms. The van der Waals surface area contributed by atoms with E-state index in [9.17, 15) is 0 Å². The predicted molar refractivity (Wildman–Crippen MR) is 88.3 cm³/mol. The summed E-state index contributed by atoms with van der Waals surface area (Å²) in [4.78, 5) is 11.4. The summed E-state index contributed by atoms with van der Waals surface area (Å²) in [6, 6.07) is 6.43. The van der Waals surface area contributed by atoms with E-state index >= 15 is 0 Å². The third-order valence-corrected chi connectivity index (χ3v) is 4.42. The minimum Gasteiger partial charge on any atom is -0.374 e. The molecule has 0 radical (unpaired) electrons. The molecule has 0 aliphatic carbocycles. The number of fused-ring (bicyclic) bond motifs is 1. The van der Waals surface area contributed by atoms with Crippen LogP contribution in [0, 0.1) is 6.92 Å². The maximum Gasteiger partial charge on any atom is 0.161 e. The van der Waals surface area contributed by atoms with Gasteiger partial charge in [0.15, 0.2) is 5.82 Å². The minimum absolute atomic E-state index is 0.334. The van der Waals surface area contributed by atoms with Crippen molar-refractivity contribution in [1.29, 1.82) is 0 Å². The number of benzene rings is 1. The van der Waals surface area contributed by atoms with Crippen LogP contribution in [0.15, 0.2) is 18.2 Å². The van der Waals surface area contributed by atoms with Crippen molar-refractivity contribution in [3.63, 3.8) is 0 Å². The third-order valence-electron chi connectivity index (χ3n) is 4.13. The van der Waals surface area contributed by atoms with Gasteiger partial charge in [-0.15, -0.1) is 0 Å². The molecule has 2 aromatic rings. The van der Waals surface area contributed by atoms with Gasteiger partial charge in [-0.05, 0) is 43.0 Å². The Labute approximate surface area is 131 Å². The second-order valence-electron chi connectivity index (χ2n) is 6.01. The average molecular weight is 302 g/mol. The van der Waals surface area contributed by atoms with Gasteiger partial charge < -0.3 is 4.90 Å². The number of rotatable bonds is 2. The summed E-state index contributed by atoms with van der Waals surface area (Å²) >= 11 is 6.36. The summed E-state index contributed by atoms with van der Waals surface area (Å²) in [6.45, 7) is 7.31. The quantitative estimate of drug-likeness (QED) is 0.778. The molecule has 3 nitrogen and oxygen atoms in total. The van der Waals surface area contributed by atoms with Crippen LogP contribution in [0.1, 0.15) is 36.6 Å². The van der Waals surface area contributed by atoms with E-state index in [-0.39, 0.29) is 0 Å². The second kappa shape index (κ2) is 5.30. The molecule has 21 heavy (non-hydrogen) atoms. The Hall–Kier alpha value is -1.61. The fourth-order valence-electron chi connectivity index (χ4n) is 3.04. The molecule has 0 amide bonds. The number of hydrogen-bond donors (Lipinski definition) is 0. The first kappa shape index (κ1) is 14.3. The van der Waals surface area contributed by atoms with E-state index in [2.05, 4.69) is 54.0 Å². The molecule has 1 aromatic carbocycles. The number of hydrogen-bond acceptors (Lipinski definition) is 3. The summed E-state index contributed by atoms with van der Waals surface area (Å²) in [5, 5.41) is 0.574. The molecule has 110 valence electrons. The van der Waals surface area contributed by atoms with Gasteiger partial charge in [0, 0.05) is 36.1 Å². The SMILES string of the molecule is Cc1nc(-c2ccc3c(c2)CCN3C)nc(Cl)c1C(C)C. The van der Waals surface area contributed by atoms with Gasteiger partial charge in [-0.3, -0.25) is 0 Å². The van der Waals surface area contributed by atoms with Crippen molar-refractivity contribution in [3.8, 4) is 11.4 Å². The number of halogens is 1. The monoisotopic (exact) mass is 301 g/mol. The van der Waals surface area contributed by atoms with E-state index in [1.807, 2.05) is 6.92 Å². The molecule has 0 N–H and O–H groups in total. The Morgan fingerprint density at radius 3 is 2.67 bits per heavy atom. The molecule has 4 heteroatoms. The van der Waals surface area contributed by atoms with Gasteiger partial charge in [-0.1, -0.05) is 25.4 Å². The minimum atomic E-state index is 0.334. The lowest BCUT2D eigenvalue weighted by molar-refractivity contribution is 0.831. The van der Waals surface area contributed by atoms with Crippen molar-refractivity contribution in [2.75, 3.05) is 18.5 Å². The highest BCUT2D eigenvalue weighted by Gasteiger charge is 2.18. The lowest BCUT2D eigenvalue weighted by Gasteiger charge is -2.14. The smallest absolute Gasteiger partial charge is 0.161 e. The van der Waals surface area contributed by atoms with Gasteiger partial charge in [0.1, 0.15) is 5.15 Å². The molecule has 0 unspecified atom stereocenters. The van der Waals surface area contributed by atoms with E-state index < -0.39 is 0 Å². The van der Waals surface area contributed by atoms with Crippen LogP contribution in [0.25, 0.3) is 11.4 Å². The topological polar surface area (TPSA) is 29.0 Å². The van der Waals surface area contributed by atoms with Crippen LogP contribution in [0.4, 0.5) is 5.69 Å². The van der Waals surface area contributed by atoms with Crippen LogP contribution in [0.5, 0.6) is 0 Å². The molecule has 0 fully saturated rings. The lowest BCUT2D eigenvalue weighted by atomic mass is 10.0. The van der Waals surface area contributed by atoms with Crippen molar-refractivity contribution in [1.82, 2.24) is 9.97 Å². The number of aryl methyl sites for hydroxylation is 1. The van der Waals surface area contributed by atoms with Crippen LogP contribution in [-0.2, 0) is 6.42 Å². The Morgan fingerprint density at radius 1 is 1.24 bits per heavy atom. The molecule has 0 saturated carbocycles. The van der Waals surface area contributed by atoms with Crippen LogP contribution >= 0.6 is 11.6 Å². The standard InChI is InChI=1S/C17H20ClN3/c1-10(2)15-11(3)19-17(20-16(15)18)13-5-6-14-12(9-13)7-8-21(14)4/h5-6,9-10H,7-8H2,1-4H3. The second-order valence-corrected chi connectivity index (χ2v) is 6.36. The number of anilines is 1. The molecule has 0 spiro atoms. The van der Waals surface area contributed by atoms with E-state index in [0.717, 1.165) is 35.6 Å². The van der Waals surface area contributed by atoms with Crippen LogP contribution in [-0.4, -0.2) is 23.6 Å². The van der Waals surface area contributed by atoms with Crippen molar-refractivity contribution in [2.24, 2.45) is 0 Å². The van der Waals surface area contributed by atoms with Crippen LogP contribution < -0.4 is 4.90 Å². The van der Waals surface area contributed by atoms with Crippen molar-refractivity contribution in [2.45, 2.75) is 33.1 Å². The zero-order valence-corrected chi connectivity index (χ0v) is 13.7. The molecule has 1 aliphatic rings.